The summed E-state index contributed by atoms with van der Waals surface area (Å²) in [6.07, 6.45) is 6.63. The molecule has 0 aliphatic rings. The average Bonchev–Trinajstić information content (AvgIpc) is 2.52. The zero-order valence-corrected chi connectivity index (χ0v) is 13.1. The molecule has 108 valence electrons. The summed E-state index contributed by atoms with van der Waals surface area (Å²) in [5.74, 6) is 0.551. The van der Waals surface area contributed by atoms with Crippen molar-refractivity contribution in [3.63, 3.8) is 0 Å². The van der Waals surface area contributed by atoms with Gasteiger partial charge in [-0.15, -0.1) is 0 Å². The Morgan fingerprint density at radius 1 is 1.43 bits per heavy atom. The van der Waals surface area contributed by atoms with Crippen LogP contribution in [-0.4, -0.2) is 18.0 Å². The van der Waals surface area contributed by atoms with Crippen LogP contribution in [0.2, 0.25) is 0 Å². The number of nitrogens with one attached hydrogen (secondary N) is 1. The number of carbonyl (C=O) groups excluding carboxylic acids is 1. The number of methoxy groups -OCH3 is 1. The third-order valence-corrected chi connectivity index (χ3v) is 3.29. The average molecular weight is 347 g/mol. The summed E-state index contributed by atoms with van der Waals surface area (Å²) in [6.45, 7) is 0.451. The summed E-state index contributed by atoms with van der Waals surface area (Å²) in [5.41, 5.74) is 1.79. The van der Waals surface area contributed by atoms with Crippen molar-refractivity contribution in [3.8, 4) is 5.75 Å². The van der Waals surface area contributed by atoms with E-state index in [1.54, 1.807) is 25.6 Å². The Kier molecular flexibility index (Phi) is 5.51. The molecule has 1 amide bonds. The monoisotopic (exact) mass is 346 g/mol. The van der Waals surface area contributed by atoms with E-state index < -0.39 is 0 Å². The molecule has 0 fully saturated rings. The van der Waals surface area contributed by atoms with Gasteiger partial charge in [-0.25, -0.2) is 0 Å². The Bertz CT molecular complexity index is 642. The van der Waals surface area contributed by atoms with Gasteiger partial charge < -0.3 is 10.1 Å². The van der Waals surface area contributed by atoms with Crippen molar-refractivity contribution in [2.24, 2.45) is 0 Å². The standard InChI is InChI=1S/C16H15BrN2O2/c1-21-15-6-5-14(17)9-13(15)4-7-16(20)19-11-12-3-2-8-18-10-12/h2-10H,11H2,1H3,(H,19,20)/b7-4+. The second-order valence-corrected chi connectivity index (χ2v) is 5.21. The lowest BCUT2D eigenvalue weighted by atomic mass is 10.2. The zero-order chi connectivity index (χ0) is 15.1. The Labute approximate surface area is 132 Å². The van der Waals surface area contributed by atoms with Gasteiger partial charge in [-0.1, -0.05) is 22.0 Å². The molecule has 0 bridgehead atoms. The van der Waals surface area contributed by atoms with Crippen LogP contribution in [0.4, 0.5) is 0 Å². The number of hydrogen-bond acceptors (Lipinski definition) is 3. The molecule has 0 aliphatic carbocycles. The highest BCUT2D eigenvalue weighted by Crippen LogP contribution is 2.23. The van der Waals surface area contributed by atoms with Crippen molar-refractivity contribution < 1.29 is 9.53 Å². The van der Waals surface area contributed by atoms with Crippen LogP contribution in [-0.2, 0) is 11.3 Å². The van der Waals surface area contributed by atoms with E-state index in [1.165, 1.54) is 6.08 Å². The zero-order valence-electron chi connectivity index (χ0n) is 11.5. The predicted octanol–water partition coefficient (Wildman–Crippen LogP) is 3.18. The minimum Gasteiger partial charge on any atom is -0.496 e. The number of hydrogen-bond donors (Lipinski definition) is 1. The maximum absolute atomic E-state index is 11.8. The summed E-state index contributed by atoms with van der Waals surface area (Å²) >= 11 is 3.40. The van der Waals surface area contributed by atoms with Gasteiger partial charge in [0, 0.05) is 35.1 Å². The van der Waals surface area contributed by atoms with Gasteiger partial charge in [-0.2, -0.15) is 0 Å². The molecule has 0 aliphatic heterocycles. The number of benzene rings is 1. The fraction of sp³-hybridized carbons (Fsp3) is 0.125. The molecule has 1 heterocycles. The van der Waals surface area contributed by atoms with E-state index in [0.717, 1.165) is 21.3 Å². The highest BCUT2D eigenvalue weighted by molar-refractivity contribution is 9.10. The normalized spacial score (nSPS) is 10.6. The van der Waals surface area contributed by atoms with Gasteiger partial charge in [0.25, 0.3) is 0 Å². The predicted molar refractivity (Wildman–Crippen MR) is 85.8 cm³/mol. The SMILES string of the molecule is COc1ccc(Br)cc1/C=C/C(=O)NCc1cccnc1. The summed E-state index contributed by atoms with van der Waals surface area (Å²) in [7, 11) is 1.60. The van der Waals surface area contributed by atoms with Gasteiger partial charge >= 0.3 is 0 Å². The van der Waals surface area contributed by atoms with Crippen molar-refractivity contribution in [3.05, 3.63) is 64.4 Å². The lowest BCUT2D eigenvalue weighted by molar-refractivity contribution is -0.116. The summed E-state index contributed by atoms with van der Waals surface area (Å²) < 4.78 is 6.18. The molecule has 1 aromatic heterocycles. The Morgan fingerprint density at radius 3 is 3.00 bits per heavy atom. The number of ether oxygens (including phenoxy) is 1. The van der Waals surface area contributed by atoms with Gasteiger partial charge in [0.05, 0.1) is 7.11 Å². The van der Waals surface area contributed by atoms with Crippen molar-refractivity contribution in [1.29, 1.82) is 0 Å². The Morgan fingerprint density at radius 2 is 2.29 bits per heavy atom. The molecule has 0 atom stereocenters. The topological polar surface area (TPSA) is 51.2 Å². The maximum atomic E-state index is 11.8. The second-order valence-electron chi connectivity index (χ2n) is 4.30. The largest absolute Gasteiger partial charge is 0.496 e. The molecule has 1 N–H and O–H groups in total. The molecule has 5 heteroatoms. The third kappa shape index (κ3) is 4.72. The second kappa shape index (κ2) is 7.59. The molecular weight excluding hydrogens is 332 g/mol. The van der Waals surface area contributed by atoms with Crippen LogP contribution in [0.5, 0.6) is 5.75 Å². The number of aromatic nitrogens is 1. The van der Waals surface area contributed by atoms with Crippen molar-refractivity contribution in [2.75, 3.05) is 7.11 Å². The van der Waals surface area contributed by atoms with Crippen molar-refractivity contribution in [2.45, 2.75) is 6.54 Å². The number of nitrogens with zero attached hydrogens (tertiary/aromatic N) is 1. The van der Waals surface area contributed by atoms with Crippen LogP contribution in [0.1, 0.15) is 11.1 Å². The van der Waals surface area contributed by atoms with E-state index in [-0.39, 0.29) is 5.91 Å². The molecule has 0 spiro atoms. The van der Waals surface area contributed by atoms with Gasteiger partial charge in [-0.3, -0.25) is 9.78 Å². The van der Waals surface area contributed by atoms with E-state index in [1.807, 2.05) is 30.3 Å². The Hall–Kier alpha value is -2.14. The van der Waals surface area contributed by atoms with Gasteiger partial charge in [0.2, 0.25) is 5.91 Å². The number of rotatable bonds is 5. The first-order valence-corrected chi connectivity index (χ1v) is 7.16. The highest BCUT2D eigenvalue weighted by atomic mass is 79.9. The fourth-order valence-corrected chi connectivity index (χ4v) is 2.13. The fourth-order valence-electron chi connectivity index (χ4n) is 1.75. The first kappa shape index (κ1) is 15.3. The van der Waals surface area contributed by atoms with Crippen LogP contribution >= 0.6 is 15.9 Å². The quantitative estimate of drug-likeness (QED) is 0.846. The van der Waals surface area contributed by atoms with Crippen LogP contribution in [0, 0.1) is 0 Å². The smallest absolute Gasteiger partial charge is 0.244 e. The van der Waals surface area contributed by atoms with E-state index in [4.69, 9.17) is 4.74 Å². The lowest BCUT2D eigenvalue weighted by Crippen LogP contribution is -2.20. The third-order valence-electron chi connectivity index (χ3n) is 2.80. The van der Waals surface area contributed by atoms with E-state index in [2.05, 4.69) is 26.2 Å². The molecule has 1 aromatic carbocycles. The van der Waals surface area contributed by atoms with Crippen molar-refractivity contribution >= 4 is 27.9 Å². The summed E-state index contributed by atoms with van der Waals surface area (Å²) in [6, 6.07) is 9.37. The molecule has 4 nitrogen and oxygen atoms in total. The van der Waals surface area contributed by atoms with E-state index >= 15 is 0 Å². The number of amides is 1. The number of pyridine rings is 1. The molecule has 0 saturated carbocycles. The highest BCUT2D eigenvalue weighted by Gasteiger charge is 2.02. The van der Waals surface area contributed by atoms with E-state index in [0.29, 0.717) is 6.54 Å². The van der Waals surface area contributed by atoms with E-state index in [9.17, 15) is 4.79 Å². The van der Waals surface area contributed by atoms with Crippen LogP contribution < -0.4 is 10.1 Å². The van der Waals surface area contributed by atoms with Gasteiger partial charge in [0.1, 0.15) is 5.75 Å². The maximum Gasteiger partial charge on any atom is 0.244 e. The van der Waals surface area contributed by atoms with Gasteiger partial charge in [0.15, 0.2) is 0 Å². The van der Waals surface area contributed by atoms with Gasteiger partial charge in [-0.05, 0) is 35.9 Å². The van der Waals surface area contributed by atoms with Crippen LogP contribution in [0.15, 0.2) is 53.3 Å². The molecule has 0 radical (unpaired) electrons. The Balaban J connectivity index is 1.97. The first-order valence-electron chi connectivity index (χ1n) is 6.37. The molecule has 2 rings (SSSR count). The minimum absolute atomic E-state index is 0.166. The number of carbonyl (C=O) groups is 1. The van der Waals surface area contributed by atoms with Crippen molar-refractivity contribution in [1.82, 2.24) is 10.3 Å². The lowest BCUT2D eigenvalue weighted by Gasteiger charge is -2.05. The molecule has 2 aromatic rings. The summed E-state index contributed by atoms with van der Waals surface area (Å²) in [5, 5.41) is 2.80. The van der Waals surface area contributed by atoms with Crippen LogP contribution in [0.3, 0.4) is 0 Å². The number of halogens is 1. The first-order chi connectivity index (χ1) is 10.2. The summed E-state index contributed by atoms with van der Waals surface area (Å²) in [4.78, 5) is 15.8. The van der Waals surface area contributed by atoms with Crippen LogP contribution in [0.25, 0.3) is 6.08 Å². The molecule has 21 heavy (non-hydrogen) atoms. The molecular formula is C16H15BrN2O2. The molecule has 0 saturated heterocycles. The minimum atomic E-state index is -0.166. The molecule has 0 unspecified atom stereocenters.